The van der Waals surface area contributed by atoms with Gasteiger partial charge in [-0.25, -0.2) is 9.78 Å². The van der Waals surface area contributed by atoms with Crippen molar-refractivity contribution in [1.29, 1.82) is 0 Å². The molecule has 1 aromatic rings. The molecular weight excluding hydrogens is 278 g/mol. The van der Waals surface area contributed by atoms with Gasteiger partial charge in [-0.1, -0.05) is 17.7 Å². The zero-order valence-electron chi connectivity index (χ0n) is 11.9. The molecule has 0 fully saturated rings. The SMILES string of the molecule is CC(C)(C)OC(=O)N1CCC=C(c2cncc(Cl)n2)C1. The molecule has 1 aromatic heterocycles. The highest BCUT2D eigenvalue weighted by Crippen LogP contribution is 2.21. The summed E-state index contributed by atoms with van der Waals surface area (Å²) in [6.07, 6.45) is 5.65. The Hall–Kier alpha value is -1.62. The number of hydrogen-bond donors (Lipinski definition) is 0. The third-order valence-corrected chi connectivity index (χ3v) is 2.92. The number of nitrogens with zero attached hydrogens (tertiary/aromatic N) is 3. The lowest BCUT2D eigenvalue weighted by Gasteiger charge is -2.30. The molecule has 2 rings (SSSR count). The molecule has 6 heteroatoms. The Morgan fingerprint density at radius 2 is 2.15 bits per heavy atom. The van der Waals surface area contributed by atoms with E-state index in [1.54, 1.807) is 11.1 Å². The van der Waals surface area contributed by atoms with E-state index < -0.39 is 5.60 Å². The minimum absolute atomic E-state index is 0.307. The Morgan fingerprint density at radius 3 is 2.80 bits per heavy atom. The maximum Gasteiger partial charge on any atom is 0.410 e. The van der Waals surface area contributed by atoms with Crippen LogP contribution in [0.15, 0.2) is 18.5 Å². The van der Waals surface area contributed by atoms with Crippen LogP contribution >= 0.6 is 11.6 Å². The second-order valence-corrected chi connectivity index (χ2v) is 6.03. The molecule has 2 heterocycles. The van der Waals surface area contributed by atoms with E-state index in [-0.39, 0.29) is 6.09 Å². The van der Waals surface area contributed by atoms with Crippen LogP contribution in [0.4, 0.5) is 4.79 Å². The van der Waals surface area contributed by atoms with Crippen molar-refractivity contribution in [3.8, 4) is 0 Å². The number of halogens is 1. The van der Waals surface area contributed by atoms with Gasteiger partial charge in [-0.05, 0) is 32.8 Å². The lowest BCUT2D eigenvalue weighted by Crippen LogP contribution is -2.39. The fourth-order valence-corrected chi connectivity index (χ4v) is 2.06. The molecule has 0 spiro atoms. The van der Waals surface area contributed by atoms with Crippen LogP contribution in [0.3, 0.4) is 0 Å². The number of carbonyl (C=O) groups is 1. The van der Waals surface area contributed by atoms with Gasteiger partial charge in [0.05, 0.1) is 24.6 Å². The van der Waals surface area contributed by atoms with Crippen molar-refractivity contribution < 1.29 is 9.53 Å². The van der Waals surface area contributed by atoms with Crippen molar-refractivity contribution in [3.05, 3.63) is 29.3 Å². The van der Waals surface area contributed by atoms with Crippen LogP contribution in [0.2, 0.25) is 5.15 Å². The molecule has 108 valence electrons. The summed E-state index contributed by atoms with van der Waals surface area (Å²) in [6, 6.07) is 0. The number of amides is 1. The monoisotopic (exact) mass is 295 g/mol. The maximum absolute atomic E-state index is 12.1. The second kappa shape index (κ2) is 5.79. The Labute approximate surface area is 123 Å². The topological polar surface area (TPSA) is 55.3 Å². The summed E-state index contributed by atoms with van der Waals surface area (Å²) in [6.45, 7) is 6.67. The van der Waals surface area contributed by atoms with Gasteiger partial charge >= 0.3 is 6.09 Å². The van der Waals surface area contributed by atoms with Crippen molar-refractivity contribution in [3.63, 3.8) is 0 Å². The van der Waals surface area contributed by atoms with Crippen molar-refractivity contribution in [2.45, 2.75) is 32.8 Å². The first kappa shape index (κ1) is 14.8. The van der Waals surface area contributed by atoms with Gasteiger partial charge in [-0.2, -0.15) is 0 Å². The minimum atomic E-state index is -0.492. The average Bonchev–Trinajstić information content (AvgIpc) is 2.37. The summed E-state index contributed by atoms with van der Waals surface area (Å²) >= 11 is 5.84. The molecule has 1 amide bonds. The number of hydrogen-bond acceptors (Lipinski definition) is 4. The first-order valence-electron chi connectivity index (χ1n) is 6.50. The van der Waals surface area contributed by atoms with E-state index in [2.05, 4.69) is 16.0 Å². The van der Waals surface area contributed by atoms with E-state index in [1.165, 1.54) is 6.20 Å². The van der Waals surface area contributed by atoms with Crippen LogP contribution in [0, 0.1) is 0 Å². The third-order valence-electron chi connectivity index (χ3n) is 2.74. The van der Waals surface area contributed by atoms with E-state index in [1.807, 2.05) is 20.8 Å². The lowest BCUT2D eigenvalue weighted by molar-refractivity contribution is 0.0273. The standard InChI is InChI=1S/C14H18ClN3O2/c1-14(2,3)20-13(19)18-6-4-5-10(9-18)11-7-16-8-12(15)17-11/h5,7-8H,4,6,9H2,1-3H3. The third kappa shape index (κ3) is 3.93. The summed E-state index contributed by atoms with van der Waals surface area (Å²) in [7, 11) is 0. The van der Waals surface area contributed by atoms with Crippen molar-refractivity contribution in [2.24, 2.45) is 0 Å². The van der Waals surface area contributed by atoms with Crippen LogP contribution in [-0.2, 0) is 4.74 Å². The molecule has 5 nitrogen and oxygen atoms in total. The van der Waals surface area contributed by atoms with E-state index in [4.69, 9.17) is 16.3 Å². The van der Waals surface area contributed by atoms with E-state index in [9.17, 15) is 4.79 Å². The van der Waals surface area contributed by atoms with Crippen molar-refractivity contribution in [1.82, 2.24) is 14.9 Å². The van der Waals surface area contributed by atoms with E-state index in [0.717, 1.165) is 12.0 Å². The predicted octanol–water partition coefficient (Wildman–Crippen LogP) is 3.15. The number of aromatic nitrogens is 2. The Balaban J connectivity index is 2.09. The van der Waals surface area contributed by atoms with Crippen LogP contribution in [0.1, 0.15) is 32.9 Å². The summed E-state index contributed by atoms with van der Waals surface area (Å²) in [5.74, 6) is 0. The fraction of sp³-hybridized carbons (Fsp3) is 0.500. The van der Waals surface area contributed by atoms with Crippen LogP contribution in [-0.4, -0.2) is 39.7 Å². The van der Waals surface area contributed by atoms with Crippen LogP contribution in [0.25, 0.3) is 5.57 Å². The lowest BCUT2D eigenvalue weighted by atomic mass is 10.1. The van der Waals surface area contributed by atoms with Crippen molar-refractivity contribution >= 4 is 23.3 Å². The zero-order valence-corrected chi connectivity index (χ0v) is 12.6. The van der Waals surface area contributed by atoms with Crippen molar-refractivity contribution in [2.75, 3.05) is 13.1 Å². The average molecular weight is 296 g/mol. The molecular formula is C14H18ClN3O2. The molecule has 0 radical (unpaired) electrons. The highest BCUT2D eigenvalue weighted by atomic mass is 35.5. The molecule has 0 unspecified atom stereocenters. The molecule has 0 atom stereocenters. The second-order valence-electron chi connectivity index (χ2n) is 5.65. The molecule has 0 aromatic carbocycles. The highest BCUT2D eigenvalue weighted by Gasteiger charge is 2.25. The normalized spacial score (nSPS) is 15.8. The van der Waals surface area contributed by atoms with Gasteiger partial charge in [0.2, 0.25) is 0 Å². The number of ether oxygens (including phenoxy) is 1. The first-order valence-corrected chi connectivity index (χ1v) is 6.88. The molecule has 0 bridgehead atoms. The van der Waals surface area contributed by atoms with Gasteiger partial charge in [-0.3, -0.25) is 4.98 Å². The largest absolute Gasteiger partial charge is 0.444 e. The molecule has 20 heavy (non-hydrogen) atoms. The van der Waals surface area contributed by atoms with E-state index in [0.29, 0.717) is 23.9 Å². The smallest absolute Gasteiger partial charge is 0.410 e. The molecule has 0 aliphatic carbocycles. The summed E-state index contributed by atoms with van der Waals surface area (Å²) < 4.78 is 5.38. The molecule has 1 aliphatic rings. The summed E-state index contributed by atoms with van der Waals surface area (Å²) in [4.78, 5) is 22.0. The van der Waals surface area contributed by atoms with Crippen LogP contribution in [0.5, 0.6) is 0 Å². The molecule has 1 aliphatic heterocycles. The molecule has 0 saturated carbocycles. The molecule has 0 saturated heterocycles. The van der Waals surface area contributed by atoms with Gasteiger partial charge in [0.1, 0.15) is 10.8 Å². The number of carbonyl (C=O) groups excluding carboxylic acids is 1. The Kier molecular flexibility index (Phi) is 4.28. The molecule has 0 N–H and O–H groups in total. The van der Waals surface area contributed by atoms with Gasteiger partial charge in [0, 0.05) is 6.54 Å². The van der Waals surface area contributed by atoms with E-state index >= 15 is 0 Å². The first-order chi connectivity index (χ1) is 9.35. The van der Waals surface area contributed by atoms with Gasteiger partial charge < -0.3 is 9.64 Å². The Morgan fingerprint density at radius 1 is 1.40 bits per heavy atom. The fourth-order valence-electron chi connectivity index (χ4n) is 1.91. The summed E-state index contributed by atoms with van der Waals surface area (Å²) in [5.41, 5.74) is 1.15. The summed E-state index contributed by atoms with van der Waals surface area (Å²) in [5, 5.41) is 0.345. The predicted molar refractivity (Wildman–Crippen MR) is 77.4 cm³/mol. The maximum atomic E-state index is 12.1. The zero-order chi connectivity index (χ0) is 14.8. The van der Waals surface area contributed by atoms with Gasteiger partial charge in [0.25, 0.3) is 0 Å². The number of rotatable bonds is 1. The minimum Gasteiger partial charge on any atom is -0.444 e. The van der Waals surface area contributed by atoms with Crippen LogP contribution < -0.4 is 0 Å². The van der Waals surface area contributed by atoms with Gasteiger partial charge in [0.15, 0.2) is 0 Å². The van der Waals surface area contributed by atoms with Gasteiger partial charge in [-0.15, -0.1) is 0 Å². The Bertz CT molecular complexity index is 537. The highest BCUT2D eigenvalue weighted by molar-refractivity contribution is 6.29. The quantitative estimate of drug-likeness (QED) is 0.798.